The van der Waals surface area contributed by atoms with Crippen molar-refractivity contribution in [2.24, 2.45) is 0 Å². The van der Waals surface area contributed by atoms with E-state index in [4.69, 9.17) is 11.6 Å². The highest BCUT2D eigenvalue weighted by molar-refractivity contribution is 6.30. The van der Waals surface area contributed by atoms with E-state index in [1.54, 1.807) is 6.20 Å². The molecule has 0 saturated heterocycles. The molecule has 24 heavy (non-hydrogen) atoms. The number of hydrogen-bond donors (Lipinski definition) is 1. The second-order valence-corrected chi connectivity index (χ2v) is 6.02. The molecule has 0 aliphatic heterocycles. The number of para-hydroxylation sites is 1. The second-order valence-electron chi connectivity index (χ2n) is 5.58. The first-order valence-electron chi connectivity index (χ1n) is 7.70. The third kappa shape index (κ3) is 3.34. The van der Waals surface area contributed by atoms with Crippen LogP contribution in [0.3, 0.4) is 0 Å². The summed E-state index contributed by atoms with van der Waals surface area (Å²) in [6.45, 7) is 1.98. The molecule has 0 bridgehead atoms. The minimum Gasteiger partial charge on any atom is -0.352 e. The molecule has 0 unspecified atom stereocenters. The van der Waals surface area contributed by atoms with Gasteiger partial charge in [-0.25, -0.2) is 0 Å². The molecule has 122 valence electrons. The van der Waals surface area contributed by atoms with Gasteiger partial charge in [-0.2, -0.15) is 0 Å². The fourth-order valence-electron chi connectivity index (χ4n) is 2.73. The zero-order valence-corrected chi connectivity index (χ0v) is 14.0. The molecule has 0 atom stereocenters. The number of nitrogens with zero attached hydrogens (tertiary/aromatic N) is 1. The van der Waals surface area contributed by atoms with Crippen molar-refractivity contribution in [1.29, 1.82) is 0 Å². The SMILES string of the molecule is CC(=O)n1cc(C(=O)NCCc2cccc(Cl)c2)c2ccccc21. The minimum absolute atomic E-state index is 0.121. The number of benzene rings is 2. The van der Waals surface area contributed by atoms with E-state index in [-0.39, 0.29) is 11.8 Å². The molecule has 3 aromatic rings. The zero-order valence-electron chi connectivity index (χ0n) is 13.3. The number of fused-ring (bicyclic) bond motifs is 1. The number of carbonyl (C=O) groups is 2. The highest BCUT2D eigenvalue weighted by atomic mass is 35.5. The van der Waals surface area contributed by atoms with Crippen LogP contribution in [0.15, 0.2) is 54.7 Å². The summed E-state index contributed by atoms with van der Waals surface area (Å²) in [6, 6.07) is 15.0. The zero-order chi connectivity index (χ0) is 17.1. The Balaban J connectivity index is 1.76. The maximum Gasteiger partial charge on any atom is 0.253 e. The molecule has 1 N–H and O–H groups in total. The molecule has 1 heterocycles. The number of halogens is 1. The van der Waals surface area contributed by atoms with Crippen molar-refractivity contribution in [1.82, 2.24) is 9.88 Å². The van der Waals surface area contributed by atoms with Crippen LogP contribution in [-0.2, 0) is 6.42 Å². The Morgan fingerprint density at radius 1 is 1.12 bits per heavy atom. The number of aromatic nitrogens is 1. The van der Waals surface area contributed by atoms with Gasteiger partial charge >= 0.3 is 0 Å². The summed E-state index contributed by atoms with van der Waals surface area (Å²) >= 11 is 5.96. The van der Waals surface area contributed by atoms with Crippen molar-refractivity contribution in [3.63, 3.8) is 0 Å². The summed E-state index contributed by atoms with van der Waals surface area (Å²) in [7, 11) is 0. The maximum atomic E-state index is 12.5. The predicted octanol–water partition coefficient (Wildman–Crippen LogP) is 3.93. The third-order valence-electron chi connectivity index (χ3n) is 3.88. The summed E-state index contributed by atoms with van der Waals surface area (Å²) in [4.78, 5) is 24.2. The highest BCUT2D eigenvalue weighted by Crippen LogP contribution is 2.21. The summed E-state index contributed by atoms with van der Waals surface area (Å²) in [5.41, 5.74) is 2.31. The van der Waals surface area contributed by atoms with Crippen LogP contribution in [0.1, 0.15) is 27.6 Å². The van der Waals surface area contributed by atoms with Gasteiger partial charge in [0.2, 0.25) is 5.91 Å². The van der Waals surface area contributed by atoms with Crippen LogP contribution in [0.25, 0.3) is 10.9 Å². The van der Waals surface area contributed by atoms with E-state index in [1.807, 2.05) is 48.5 Å². The van der Waals surface area contributed by atoms with Gasteiger partial charge in [0.05, 0.1) is 11.1 Å². The van der Waals surface area contributed by atoms with Crippen molar-refractivity contribution >= 4 is 34.3 Å². The molecule has 0 radical (unpaired) electrons. The fourth-order valence-corrected chi connectivity index (χ4v) is 2.94. The molecule has 0 spiro atoms. The van der Waals surface area contributed by atoms with E-state index < -0.39 is 0 Å². The minimum atomic E-state index is -0.187. The average molecular weight is 341 g/mol. The van der Waals surface area contributed by atoms with Crippen molar-refractivity contribution in [2.45, 2.75) is 13.3 Å². The second kappa shape index (κ2) is 6.89. The van der Waals surface area contributed by atoms with Gasteiger partial charge < -0.3 is 5.32 Å². The largest absolute Gasteiger partial charge is 0.352 e. The van der Waals surface area contributed by atoms with Crippen LogP contribution in [0.5, 0.6) is 0 Å². The lowest BCUT2D eigenvalue weighted by atomic mass is 10.1. The van der Waals surface area contributed by atoms with Gasteiger partial charge in [-0.05, 0) is 30.2 Å². The normalized spacial score (nSPS) is 10.8. The monoisotopic (exact) mass is 340 g/mol. The molecule has 0 aliphatic carbocycles. The van der Waals surface area contributed by atoms with Gasteiger partial charge in [0, 0.05) is 30.1 Å². The van der Waals surface area contributed by atoms with E-state index in [9.17, 15) is 9.59 Å². The van der Waals surface area contributed by atoms with E-state index >= 15 is 0 Å². The molecule has 5 heteroatoms. The van der Waals surface area contributed by atoms with E-state index in [2.05, 4.69) is 5.32 Å². The topological polar surface area (TPSA) is 51.1 Å². The van der Waals surface area contributed by atoms with Gasteiger partial charge in [-0.15, -0.1) is 0 Å². The van der Waals surface area contributed by atoms with Crippen LogP contribution in [0, 0.1) is 0 Å². The van der Waals surface area contributed by atoms with E-state index in [0.717, 1.165) is 16.5 Å². The van der Waals surface area contributed by atoms with E-state index in [1.165, 1.54) is 11.5 Å². The van der Waals surface area contributed by atoms with Gasteiger partial charge in [0.25, 0.3) is 5.91 Å². The molecular weight excluding hydrogens is 324 g/mol. The first kappa shape index (κ1) is 16.3. The Kier molecular flexibility index (Phi) is 4.67. The van der Waals surface area contributed by atoms with Crippen LogP contribution < -0.4 is 5.32 Å². The van der Waals surface area contributed by atoms with Crippen molar-refractivity contribution in [3.8, 4) is 0 Å². The van der Waals surface area contributed by atoms with Gasteiger partial charge in [-0.3, -0.25) is 14.2 Å². The average Bonchev–Trinajstić information content (AvgIpc) is 2.95. The predicted molar refractivity (Wildman–Crippen MR) is 95.7 cm³/mol. The van der Waals surface area contributed by atoms with Crippen molar-refractivity contribution < 1.29 is 9.59 Å². The highest BCUT2D eigenvalue weighted by Gasteiger charge is 2.16. The lowest BCUT2D eigenvalue weighted by molar-refractivity contribution is 0.0941. The van der Waals surface area contributed by atoms with Crippen LogP contribution in [-0.4, -0.2) is 22.9 Å². The molecule has 0 aliphatic rings. The first-order chi connectivity index (χ1) is 11.6. The number of hydrogen-bond acceptors (Lipinski definition) is 2. The first-order valence-corrected chi connectivity index (χ1v) is 8.08. The molecule has 2 aromatic carbocycles. The Labute approximate surface area is 145 Å². The number of amides is 1. The van der Waals surface area contributed by atoms with Crippen molar-refractivity contribution in [2.75, 3.05) is 6.54 Å². The van der Waals surface area contributed by atoms with Gasteiger partial charge in [-0.1, -0.05) is 41.9 Å². The lowest BCUT2D eigenvalue weighted by Crippen LogP contribution is -2.25. The number of carbonyl (C=O) groups excluding carboxylic acids is 2. The Morgan fingerprint density at radius 3 is 2.67 bits per heavy atom. The third-order valence-corrected chi connectivity index (χ3v) is 4.12. The molecule has 1 aromatic heterocycles. The van der Waals surface area contributed by atoms with Crippen LogP contribution >= 0.6 is 11.6 Å². The van der Waals surface area contributed by atoms with Gasteiger partial charge in [0.15, 0.2) is 0 Å². The summed E-state index contributed by atoms with van der Waals surface area (Å²) in [5, 5.41) is 4.36. The molecule has 1 amide bonds. The molecule has 0 saturated carbocycles. The van der Waals surface area contributed by atoms with Crippen LogP contribution in [0.2, 0.25) is 5.02 Å². The standard InChI is InChI=1S/C19H17ClN2O2/c1-13(23)22-12-17(16-7-2-3-8-18(16)22)19(24)21-10-9-14-5-4-6-15(20)11-14/h2-8,11-12H,9-10H2,1H3,(H,21,24). The lowest BCUT2D eigenvalue weighted by Gasteiger charge is -2.05. The van der Waals surface area contributed by atoms with Gasteiger partial charge in [0.1, 0.15) is 0 Å². The summed E-state index contributed by atoms with van der Waals surface area (Å²) < 4.78 is 1.50. The molecule has 3 rings (SSSR count). The molecular formula is C19H17ClN2O2. The Morgan fingerprint density at radius 2 is 1.92 bits per heavy atom. The summed E-state index contributed by atoms with van der Waals surface area (Å²) in [5.74, 6) is -0.308. The number of rotatable bonds is 4. The maximum absolute atomic E-state index is 12.5. The van der Waals surface area contributed by atoms with Crippen LogP contribution in [0.4, 0.5) is 0 Å². The fraction of sp³-hybridized carbons (Fsp3) is 0.158. The van der Waals surface area contributed by atoms with Crippen molar-refractivity contribution in [3.05, 3.63) is 70.9 Å². The number of nitrogens with one attached hydrogen (secondary N) is 1. The summed E-state index contributed by atoms with van der Waals surface area (Å²) in [6.07, 6.45) is 2.29. The quantitative estimate of drug-likeness (QED) is 0.782. The Bertz CT molecular complexity index is 915. The molecule has 4 nitrogen and oxygen atoms in total. The van der Waals surface area contributed by atoms with E-state index in [0.29, 0.717) is 23.6 Å². The Hall–Kier alpha value is -2.59. The molecule has 0 fully saturated rings. The smallest absolute Gasteiger partial charge is 0.253 e.